The highest BCUT2D eigenvalue weighted by Crippen LogP contribution is 2.29. The van der Waals surface area contributed by atoms with Crippen LogP contribution >= 0.6 is 0 Å². The van der Waals surface area contributed by atoms with Crippen LogP contribution in [0.5, 0.6) is 0 Å². The summed E-state index contributed by atoms with van der Waals surface area (Å²) in [6, 6.07) is 19.0. The Morgan fingerprint density at radius 1 is 1.05 bits per heavy atom. The summed E-state index contributed by atoms with van der Waals surface area (Å²) in [4.78, 5) is 51.2. The normalized spacial score (nSPS) is 14.7. The van der Waals surface area contributed by atoms with Crippen molar-refractivity contribution in [1.29, 1.82) is 0 Å². The van der Waals surface area contributed by atoms with E-state index in [1.807, 2.05) is 24.3 Å². The molecule has 3 N–H and O–H groups in total. The van der Waals surface area contributed by atoms with Crippen LogP contribution in [0.3, 0.4) is 0 Å². The molecular formula is C31H34N6O4. The van der Waals surface area contributed by atoms with E-state index in [1.165, 1.54) is 4.90 Å². The smallest absolute Gasteiger partial charge is 0.321 e. The highest BCUT2D eigenvalue weighted by Gasteiger charge is 2.37. The highest BCUT2D eigenvalue weighted by molar-refractivity contribution is 6.20. The molecule has 3 aromatic rings. The maximum absolute atomic E-state index is 14.1. The van der Waals surface area contributed by atoms with Gasteiger partial charge in [0.1, 0.15) is 0 Å². The molecule has 3 amide bonds. The van der Waals surface area contributed by atoms with E-state index < -0.39 is 23.5 Å². The van der Waals surface area contributed by atoms with Crippen LogP contribution in [0.25, 0.3) is 0 Å². The fourth-order valence-corrected chi connectivity index (χ4v) is 4.18. The summed E-state index contributed by atoms with van der Waals surface area (Å²) in [5.41, 5.74) is 2.44. The maximum Gasteiger partial charge on any atom is 0.321 e. The topological polar surface area (TPSA) is 125 Å². The number of benzodiazepines with no additional fused rings is 1. The van der Waals surface area contributed by atoms with Crippen molar-refractivity contribution in [3.8, 4) is 0 Å². The number of Topliss-reactive ketones (excluding diaryl/α,β-unsaturated/α-hetero) is 1. The number of ether oxygens (including phenoxy) is 1. The Morgan fingerprint density at radius 3 is 2.49 bits per heavy atom. The number of ketones is 1. The van der Waals surface area contributed by atoms with Crippen LogP contribution < -0.4 is 20.9 Å². The summed E-state index contributed by atoms with van der Waals surface area (Å²) in [5, 5.41) is 8.45. The van der Waals surface area contributed by atoms with Gasteiger partial charge in [-0.05, 0) is 57.2 Å². The third-order valence-electron chi connectivity index (χ3n) is 6.53. The lowest BCUT2D eigenvalue weighted by molar-refractivity contribution is -0.130. The van der Waals surface area contributed by atoms with E-state index in [2.05, 4.69) is 27.5 Å². The van der Waals surface area contributed by atoms with Gasteiger partial charge in [-0.3, -0.25) is 14.6 Å². The number of carbonyl (C=O) groups excluding carboxylic acids is 3. The molecule has 0 fully saturated rings. The van der Waals surface area contributed by atoms with Crippen LogP contribution in [-0.4, -0.2) is 54.8 Å². The second kappa shape index (κ2) is 12.5. The fraction of sp³-hybridized carbons (Fsp3) is 0.258. The number of hydrogen-bond acceptors (Lipinski definition) is 7. The van der Waals surface area contributed by atoms with Crippen LogP contribution in [0, 0.1) is 5.41 Å². The van der Waals surface area contributed by atoms with Crippen LogP contribution in [0.4, 0.5) is 21.9 Å². The fourth-order valence-electron chi connectivity index (χ4n) is 4.18. The highest BCUT2D eigenvalue weighted by atomic mass is 16.5. The Bertz CT molecular complexity index is 1480. The zero-order valence-electron chi connectivity index (χ0n) is 23.6. The molecule has 41 heavy (non-hydrogen) atoms. The molecule has 0 spiro atoms. The van der Waals surface area contributed by atoms with E-state index in [9.17, 15) is 14.4 Å². The molecule has 0 saturated heterocycles. The van der Waals surface area contributed by atoms with E-state index in [0.29, 0.717) is 34.1 Å². The molecular weight excluding hydrogens is 520 g/mol. The van der Waals surface area contributed by atoms with Gasteiger partial charge in [-0.15, -0.1) is 0 Å². The number of anilines is 3. The van der Waals surface area contributed by atoms with E-state index in [-0.39, 0.29) is 18.9 Å². The number of allylic oxidation sites excluding steroid dienone is 1. The van der Waals surface area contributed by atoms with E-state index in [4.69, 9.17) is 9.73 Å². The second-order valence-electron chi connectivity index (χ2n) is 10.3. The van der Waals surface area contributed by atoms with Crippen molar-refractivity contribution in [3.63, 3.8) is 0 Å². The minimum atomic E-state index is -1.34. The number of carbonyl (C=O) groups is 3. The first-order chi connectivity index (χ1) is 19.6. The SMILES string of the molecule is C=C(C)OCC(C)(C)C(=O)CN1C(=O)C(NC(=O)Nc2cccc(NC)c2)N=C(c2ccccn2)c2ccccc21. The van der Waals surface area contributed by atoms with Gasteiger partial charge in [-0.1, -0.05) is 36.9 Å². The van der Waals surface area contributed by atoms with Crippen molar-refractivity contribution < 1.29 is 19.1 Å². The summed E-state index contributed by atoms with van der Waals surface area (Å²) >= 11 is 0. The standard InChI is InChI=1S/C31H34N6O4/c1-20(2)41-19-31(3,4)26(38)18-37-25-15-7-6-13-23(25)27(24-14-8-9-16-33-24)35-28(29(37)39)36-30(40)34-22-12-10-11-21(17-22)32-5/h6-17,28,32H,1,18-19H2,2-5H3,(H2,34,36,40). The van der Waals surface area contributed by atoms with Gasteiger partial charge in [0.05, 0.1) is 41.4 Å². The average molecular weight is 555 g/mol. The zero-order valence-corrected chi connectivity index (χ0v) is 23.6. The van der Waals surface area contributed by atoms with Gasteiger partial charge in [-0.25, -0.2) is 9.79 Å². The molecule has 0 bridgehead atoms. The quantitative estimate of drug-likeness (QED) is 0.315. The number of hydrogen-bond donors (Lipinski definition) is 3. The molecule has 0 saturated carbocycles. The van der Waals surface area contributed by atoms with Crippen molar-refractivity contribution in [3.05, 3.63) is 96.5 Å². The Hall–Kier alpha value is -4.99. The number of nitrogens with zero attached hydrogens (tertiary/aromatic N) is 3. The lowest BCUT2D eigenvalue weighted by Gasteiger charge is -2.29. The molecule has 0 radical (unpaired) electrons. The van der Waals surface area contributed by atoms with Gasteiger partial charge in [0.15, 0.2) is 5.78 Å². The number of benzene rings is 2. The van der Waals surface area contributed by atoms with Crippen molar-refractivity contribution in [2.75, 3.05) is 35.7 Å². The Labute approximate surface area is 239 Å². The average Bonchev–Trinajstić information content (AvgIpc) is 3.07. The summed E-state index contributed by atoms with van der Waals surface area (Å²) < 4.78 is 5.54. The molecule has 10 heteroatoms. The molecule has 10 nitrogen and oxygen atoms in total. The Balaban J connectivity index is 1.71. The van der Waals surface area contributed by atoms with Crippen LogP contribution in [0.2, 0.25) is 0 Å². The third-order valence-corrected chi connectivity index (χ3v) is 6.53. The number of urea groups is 1. The number of fused-ring (bicyclic) bond motifs is 1. The molecule has 1 unspecified atom stereocenters. The predicted octanol–water partition coefficient (Wildman–Crippen LogP) is 4.60. The van der Waals surface area contributed by atoms with Crippen molar-refractivity contribution in [1.82, 2.24) is 10.3 Å². The van der Waals surface area contributed by atoms with E-state index >= 15 is 0 Å². The molecule has 2 aromatic carbocycles. The monoisotopic (exact) mass is 554 g/mol. The van der Waals surface area contributed by atoms with Gasteiger partial charge in [0.25, 0.3) is 5.91 Å². The number of aliphatic imine (C=N–C) groups is 1. The number of rotatable bonds is 10. The molecule has 2 heterocycles. The Morgan fingerprint density at radius 2 is 1.78 bits per heavy atom. The lowest BCUT2D eigenvalue weighted by atomic mass is 9.88. The van der Waals surface area contributed by atoms with Gasteiger partial charge >= 0.3 is 6.03 Å². The number of amides is 3. The van der Waals surface area contributed by atoms with Gasteiger partial charge in [0, 0.05) is 30.2 Å². The van der Waals surface area contributed by atoms with Crippen molar-refractivity contribution in [2.24, 2.45) is 10.4 Å². The number of nitrogens with one attached hydrogen (secondary N) is 3. The molecule has 0 aliphatic carbocycles. The summed E-state index contributed by atoms with van der Waals surface area (Å²) in [7, 11) is 1.77. The predicted molar refractivity (Wildman–Crippen MR) is 160 cm³/mol. The van der Waals surface area contributed by atoms with E-state index in [1.54, 1.807) is 76.5 Å². The van der Waals surface area contributed by atoms with E-state index in [0.717, 1.165) is 5.69 Å². The first kappa shape index (κ1) is 29.0. The van der Waals surface area contributed by atoms with Gasteiger partial charge < -0.3 is 25.6 Å². The number of para-hydroxylation sites is 1. The Kier molecular flexibility index (Phi) is 8.81. The van der Waals surface area contributed by atoms with Crippen LogP contribution in [0.1, 0.15) is 32.0 Å². The summed E-state index contributed by atoms with van der Waals surface area (Å²) in [6.45, 7) is 8.81. The lowest BCUT2D eigenvalue weighted by Crippen LogP contribution is -2.51. The number of aromatic nitrogens is 1. The van der Waals surface area contributed by atoms with Gasteiger partial charge in [-0.2, -0.15) is 0 Å². The third kappa shape index (κ3) is 6.96. The molecule has 1 atom stereocenters. The van der Waals surface area contributed by atoms with Crippen LogP contribution in [-0.2, 0) is 14.3 Å². The second-order valence-corrected chi connectivity index (χ2v) is 10.3. The minimum Gasteiger partial charge on any atom is -0.498 e. The largest absolute Gasteiger partial charge is 0.498 e. The first-order valence-electron chi connectivity index (χ1n) is 13.2. The van der Waals surface area contributed by atoms with Crippen molar-refractivity contribution in [2.45, 2.75) is 26.9 Å². The van der Waals surface area contributed by atoms with Gasteiger partial charge in [0.2, 0.25) is 6.17 Å². The first-order valence-corrected chi connectivity index (χ1v) is 13.2. The molecule has 4 rings (SSSR count). The molecule has 1 aliphatic rings. The maximum atomic E-state index is 14.1. The molecule has 212 valence electrons. The van der Waals surface area contributed by atoms with Crippen molar-refractivity contribution >= 4 is 40.5 Å². The summed E-state index contributed by atoms with van der Waals surface area (Å²) in [5.74, 6) is -0.297. The molecule has 1 aromatic heterocycles. The van der Waals surface area contributed by atoms with Crippen LogP contribution in [0.15, 0.2) is 90.3 Å². The zero-order chi connectivity index (χ0) is 29.6. The summed E-state index contributed by atoms with van der Waals surface area (Å²) in [6.07, 6.45) is 0.289. The molecule has 1 aliphatic heterocycles. The number of pyridine rings is 1. The minimum absolute atomic E-state index is 0.107.